The fraction of sp³-hybridized carbons (Fsp3) is 0.875. The van der Waals surface area contributed by atoms with Crippen LogP contribution in [-0.4, -0.2) is 37.9 Å². The molecule has 1 atom stereocenters. The second-order valence-electron chi connectivity index (χ2n) is 3.04. The summed E-state index contributed by atoms with van der Waals surface area (Å²) in [6.45, 7) is 1.05. The number of carbonyl (C=O) groups is 1. The Balaban J connectivity index is 3.07. The summed E-state index contributed by atoms with van der Waals surface area (Å²) in [6, 6.07) is -0.503. The molecule has 0 saturated heterocycles. The van der Waals surface area contributed by atoms with Crippen LogP contribution in [0.3, 0.4) is 0 Å². The van der Waals surface area contributed by atoms with Crippen molar-refractivity contribution in [2.24, 2.45) is 0 Å². The van der Waals surface area contributed by atoms with E-state index in [0.29, 0.717) is 12.7 Å². The van der Waals surface area contributed by atoms with Gasteiger partial charge in [-0.25, -0.2) is 5.73 Å². The van der Waals surface area contributed by atoms with E-state index in [9.17, 15) is 4.79 Å². The molecule has 0 rings (SSSR count). The van der Waals surface area contributed by atoms with Crippen molar-refractivity contribution in [3.63, 3.8) is 0 Å². The molecule has 3 nitrogen and oxygen atoms in total. The Bertz CT molecular complexity index is 104. The number of aldehydes is 1. The molecule has 0 aliphatic carbocycles. The van der Waals surface area contributed by atoms with Crippen molar-refractivity contribution < 1.29 is 4.79 Å². The Morgan fingerprint density at radius 3 is 2.55 bits per heavy atom. The van der Waals surface area contributed by atoms with Gasteiger partial charge in [-0.15, -0.1) is 0 Å². The van der Waals surface area contributed by atoms with Gasteiger partial charge < -0.3 is 9.69 Å². The summed E-state index contributed by atoms with van der Waals surface area (Å²) in [7, 11) is 4.05. The lowest BCUT2D eigenvalue weighted by atomic mass is 10.1. The highest BCUT2D eigenvalue weighted by atomic mass is 16.1. The van der Waals surface area contributed by atoms with Crippen LogP contribution >= 0.6 is 0 Å². The highest BCUT2D eigenvalue weighted by Gasteiger charge is 1.99. The van der Waals surface area contributed by atoms with Gasteiger partial charge in [-0.3, -0.25) is 0 Å². The smallest absolute Gasteiger partial charge is 0.138 e. The molecule has 0 aromatic carbocycles. The average Bonchev–Trinajstić information content (AvgIpc) is 1.97. The minimum absolute atomic E-state index is 0.503. The minimum Gasteiger partial charge on any atom is -0.309 e. The maximum absolute atomic E-state index is 10.0. The quantitative estimate of drug-likeness (QED) is 0.418. The van der Waals surface area contributed by atoms with Crippen LogP contribution in [0.5, 0.6) is 0 Å². The van der Waals surface area contributed by atoms with E-state index in [0.717, 1.165) is 19.4 Å². The first-order valence-corrected chi connectivity index (χ1v) is 3.98. The molecule has 0 fully saturated rings. The van der Waals surface area contributed by atoms with Gasteiger partial charge >= 0.3 is 0 Å². The van der Waals surface area contributed by atoms with E-state index < -0.39 is 6.04 Å². The summed E-state index contributed by atoms with van der Waals surface area (Å²) in [5, 5.41) is 0. The first-order chi connectivity index (χ1) is 5.16. The Morgan fingerprint density at radius 2 is 2.09 bits per heavy atom. The number of nitrogens with one attached hydrogen (secondary N) is 1. The summed E-state index contributed by atoms with van der Waals surface area (Å²) < 4.78 is 0. The summed E-state index contributed by atoms with van der Waals surface area (Å²) in [5.74, 6) is 0. The van der Waals surface area contributed by atoms with Gasteiger partial charge in [-0.2, -0.15) is 0 Å². The predicted octanol–water partition coefficient (Wildman–Crippen LogP) is 0.569. The van der Waals surface area contributed by atoms with Crippen LogP contribution < -0.4 is 5.73 Å². The normalized spacial score (nSPS) is 13.5. The molecule has 1 radical (unpaired) electrons. The van der Waals surface area contributed by atoms with Crippen molar-refractivity contribution in [2.75, 3.05) is 20.6 Å². The molecule has 0 saturated carbocycles. The van der Waals surface area contributed by atoms with Crippen molar-refractivity contribution in [2.45, 2.75) is 25.3 Å². The second-order valence-corrected chi connectivity index (χ2v) is 3.04. The topological polar surface area (TPSA) is 44.1 Å². The van der Waals surface area contributed by atoms with Gasteiger partial charge in [-0.05, 0) is 33.5 Å². The molecule has 0 heterocycles. The SMILES string of the molecule is CN(C)CCCCC([NH])C=O. The highest BCUT2D eigenvalue weighted by molar-refractivity contribution is 5.56. The molecule has 65 valence electrons. The van der Waals surface area contributed by atoms with Gasteiger partial charge in [-0.1, -0.05) is 6.42 Å². The van der Waals surface area contributed by atoms with Crippen molar-refractivity contribution in [3.8, 4) is 0 Å². The van der Waals surface area contributed by atoms with Gasteiger partial charge in [0, 0.05) is 0 Å². The average molecular weight is 157 g/mol. The summed E-state index contributed by atoms with van der Waals surface area (Å²) in [6.07, 6.45) is 3.47. The van der Waals surface area contributed by atoms with E-state index in [1.807, 2.05) is 14.1 Å². The van der Waals surface area contributed by atoms with Crippen molar-refractivity contribution >= 4 is 6.29 Å². The zero-order valence-corrected chi connectivity index (χ0v) is 7.34. The molecule has 1 N–H and O–H groups in total. The first-order valence-electron chi connectivity index (χ1n) is 3.98. The first kappa shape index (κ1) is 10.6. The molecule has 0 aliphatic rings. The van der Waals surface area contributed by atoms with Crippen LogP contribution in [0.1, 0.15) is 19.3 Å². The molecule has 0 spiro atoms. The van der Waals surface area contributed by atoms with E-state index in [-0.39, 0.29) is 0 Å². The Labute approximate surface area is 68.6 Å². The zero-order chi connectivity index (χ0) is 8.69. The van der Waals surface area contributed by atoms with Gasteiger partial charge in [0.1, 0.15) is 6.29 Å². The summed E-state index contributed by atoms with van der Waals surface area (Å²) >= 11 is 0. The van der Waals surface area contributed by atoms with E-state index in [2.05, 4.69) is 4.90 Å². The molecule has 0 bridgehead atoms. The lowest BCUT2D eigenvalue weighted by molar-refractivity contribution is -0.109. The fourth-order valence-electron chi connectivity index (χ4n) is 0.860. The standard InChI is InChI=1S/C8H17N2O/c1-10(2)6-4-3-5-8(9)7-11/h7-9H,3-6H2,1-2H3. The number of hydrogen-bond donors (Lipinski definition) is 0. The number of carbonyl (C=O) groups excluding carboxylic acids is 1. The van der Waals surface area contributed by atoms with Gasteiger partial charge in [0.05, 0.1) is 6.04 Å². The Morgan fingerprint density at radius 1 is 1.45 bits per heavy atom. The maximum atomic E-state index is 10.0. The third kappa shape index (κ3) is 7.49. The second kappa shape index (κ2) is 6.31. The van der Waals surface area contributed by atoms with E-state index in [1.165, 1.54) is 0 Å². The third-order valence-electron chi connectivity index (χ3n) is 1.53. The van der Waals surface area contributed by atoms with Crippen LogP contribution in [0.15, 0.2) is 0 Å². The van der Waals surface area contributed by atoms with Gasteiger partial charge in [0.15, 0.2) is 0 Å². The zero-order valence-electron chi connectivity index (χ0n) is 7.34. The van der Waals surface area contributed by atoms with Crippen molar-refractivity contribution in [1.29, 1.82) is 0 Å². The van der Waals surface area contributed by atoms with E-state index >= 15 is 0 Å². The minimum atomic E-state index is -0.503. The van der Waals surface area contributed by atoms with Crippen LogP contribution in [0.25, 0.3) is 0 Å². The van der Waals surface area contributed by atoms with E-state index in [1.54, 1.807) is 0 Å². The molecule has 0 aromatic heterocycles. The number of unbranched alkanes of at least 4 members (excludes halogenated alkanes) is 1. The van der Waals surface area contributed by atoms with Crippen LogP contribution in [0.4, 0.5) is 0 Å². The Kier molecular flexibility index (Phi) is 6.07. The van der Waals surface area contributed by atoms with Gasteiger partial charge in [0.25, 0.3) is 0 Å². The predicted molar refractivity (Wildman–Crippen MR) is 45.4 cm³/mol. The molecule has 11 heavy (non-hydrogen) atoms. The van der Waals surface area contributed by atoms with Crippen molar-refractivity contribution in [3.05, 3.63) is 0 Å². The molecule has 1 unspecified atom stereocenters. The number of hydrogen-bond acceptors (Lipinski definition) is 2. The molecule has 3 heteroatoms. The van der Waals surface area contributed by atoms with Crippen molar-refractivity contribution in [1.82, 2.24) is 10.6 Å². The van der Waals surface area contributed by atoms with Crippen LogP contribution in [0, 0.1) is 0 Å². The molecule has 0 amide bonds. The molecular formula is C8H17N2O. The fourth-order valence-corrected chi connectivity index (χ4v) is 0.860. The molecule has 0 aliphatic heterocycles. The number of rotatable bonds is 6. The summed E-state index contributed by atoms with van der Waals surface area (Å²) in [5.41, 5.74) is 7.12. The third-order valence-corrected chi connectivity index (χ3v) is 1.53. The molecular weight excluding hydrogens is 140 g/mol. The molecule has 0 aromatic rings. The van der Waals surface area contributed by atoms with E-state index in [4.69, 9.17) is 5.73 Å². The Hall–Kier alpha value is -0.410. The number of nitrogens with zero attached hydrogens (tertiary/aromatic N) is 1. The lowest BCUT2D eigenvalue weighted by Gasteiger charge is -2.08. The van der Waals surface area contributed by atoms with Crippen LogP contribution in [-0.2, 0) is 4.79 Å². The largest absolute Gasteiger partial charge is 0.309 e. The van der Waals surface area contributed by atoms with Gasteiger partial charge in [0.2, 0.25) is 0 Å². The highest BCUT2D eigenvalue weighted by Crippen LogP contribution is 1.98. The maximum Gasteiger partial charge on any atom is 0.138 e. The lowest BCUT2D eigenvalue weighted by Crippen LogP contribution is -2.15. The monoisotopic (exact) mass is 157 g/mol. The summed E-state index contributed by atoms with van der Waals surface area (Å²) in [4.78, 5) is 12.1. The van der Waals surface area contributed by atoms with Crippen LogP contribution in [0.2, 0.25) is 0 Å².